The van der Waals surface area contributed by atoms with Crippen molar-refractivity contribution in [3.05, 3.63) is 22.9 Å². The molecule has 3 heteroatoms. The minimum Gasteiger partial charge on any atom is -0.282 e. The highest BCUT2D eigenvalue weighted by atomic mass is 32.2. The molecule has 13 heavy (non-hydrogen) atoms. The van der Waals surface area contributed by atoms with Gasteiger partial charge in [0.25, 0.3) is 0 Å². The first-order chi connectivity index (χ1) is 6.27. The molecule has 1 aromatic rings. The van der Waals surface area contributed by atoms with E-state index >= 15 is 0 Å². The summed E-state index contributed by atoms with van der Waals surface area (Å²) < 4.78 is 0. The Labute approximate surface area is 82.8 Å². The zero-order valence-electron chi connectivity index (χ0n) is 8.00. The summed E-state index contributed by atoms with van der Waals surface area (Å²) in [7, 11) is 0. The van der Waals surface area contributed by atoms with Crippen molar-refractivity contribution in [2.45, 2.75) is 26.2 Å². The van der Waals surface area contributed by atoms with Gasteiger partial charge in [-0.15, -0.1) is 11.8 Å². The van der Waals surface area contributed by atoms with E-state index in [1.165, 1.54) is 17.0 Å². The molecule has 0 amide bonds. The summed E-state index contributed by atoms with van der Waals surface area (Å²) in [4.78, 5) is 0. The molecule has 0 spiro atoms. The normalized spacial score (nSPS) is 16.7. The summed E-state index contributed by atoms with van der Waals surface area (Å²) in [6.07, 6.45) is 1.16. The average molecular weight is 194 g/mol. The summed E-state index contributed by atoms with van der Waals surface area (Å²) in [5.41, 5.74) is 3.75. The van der Waals surface area contributed by atoms with Crippen LogP contribution >= 0.6 is 11.8 Å². The van der Waals surface area contributed by atoms with Crippen LogP contribution in [0.1, 0.15) is 37.6 Å². The topological polar surface area (TPSA) is 28.7 Å². The monoisotopic (exact) mass is 194 g/mol. The van der Waals surface area contributed by atoms with Crippen molar-refractivity contribution in [1.82, 2.24) is 10.2 Å². The molecule has 0 aliphatic carbocycles. The number of hydrogen-bond acceptors (Lipinski definition) is 2. The number of thioether (sulfide) groups is 1. The Morgan fingerprint density at radius 3 is 2.92 bits per heavy atom. The second-order valence-corrected chi connectivity index (χ2v) is 4.60. The third kappa shape index (κ3) is 1.80. The molecule has 0 aromatic carbocycles. The summed E-state index contributed by atoms with van der Waals surface area (Å²) in [5, 5.41) is 9.62. The maximum Gasteiger partial charge on any atom is 0.0888 e. The molecule has 2 heterocycles. The van der Waals surface area contributed by atoms with E-state index in [1.807, 2.05) is 11.8 Å². The van der Waals surface area contributed by atoms with E-state index in [4.69, 9.17) is 0 Å². The Hall–Kier alpha value is -0.700. The summed E-state index contributed by atoms with van der Waals surface area (Å²) in [5.74, 6) is 1.75. The molecule has 0 bridgehead atoms. The second-order valence-electron chi connectivity index (χ2n) is 3.63. The number of allylic oxidation sites excluding steroid dienone is 1. The molecule has 0 saturated heterocycles. The lowest BCUT2D eigenvalue weighted by Gasteiger charge is -1.96. The van der Waals surface area contributed by atoms with Crippen LogP contribution in [0.15, 0.2) is 11.5 Å². The average Bonchev–Trinajstić information content (AvgIpc) is 2.75. The minimum atomic E-state index is 0.538. The Kier molecular flexibility index (Phi) is 2.44. The van der Waals surface area contributed by atoms with Crippen molar-refractivity contribution in [1.29, 1.82) is 0 Å². The fourth-order valence-corrected chi connectivity index (χ4v) is 2.27. The highest BCUT2D eigenvalue weighted by Crippen LogP contribution is 2.29. The van der Waals surface area contributed by atoms with Gasteiger partial charge in [-0.3, -0.25) is 5.10 Å². The number of nitrogens with one attached hydrogen (secondary N) is 1. The van der Waals surface area contributed by atoms with Crippen molar-refractivity contribution in [2.75, 3.05) is 5.75 Å². The van der Waals surface area contributed by atoms with Gasteiger partial charge in [-0.25, -0.2) is 0 Å². The molecule has 0 saturated carbocycles. The largest absolute Gasteiger partial charge is 0.282 e. The smallest absolute Gasteiger partial charge is 0.0888 e. The third-order valence-electron chi connectivity index (χ3n) is 2.26. The number of aromatic nitrogens is 2. The third-order valence-corrected chi connectivity index (χ3v) is 3.15. The molecule has 2 nitrogen and oxygen atoms in total. The van der Waals surface area contributed by atoms with Crippen molar-refractivity contribution in [2.24, 2.45) is 0 Å². The SMILES string of the molecule is CC(C)c1cc(C2=CSCC2)n[nH]1. The van der Waals surface area contributed by atoms with E-state index in [2.05, 4.69) is 35.5 Å². The highest BCUT2D eigenvalue weighted by Gasteiger charge is 2.11. The van der Waals surface area contributed by atoms with Gasteiger partial charge in [0.2, 0.25) is 0 Å². The molecule has 1 aromatic heterocycles. The van der Waals surface area contributed by atoms with Gasteiger partial charge in [0.1, 0.15) is 0 Å². The number of hydrogen-bond donors (Lipinski definition) is 1. The Balaban J connectivity index is 2.22. The maximum atomic E-state index is 4.31. The van der Waals surface area contributed by atoms with Gasteiger partial charge in [-0.05, 0) is 29.4 Å². The van der Waals surface area contributed by atoms with Gasteiger partial charge >= 0.3 is 0 Å². The van der Waals surface area contributed by atoms with Gasteiger partial charge in [-0.2, -0.15) is 5.10 Å². The first kappa shape index (κ1) is 8.88. The molecular weight excluding hydrogens is 180 g/mol. The molecule has 70 valence electrons. The van der Waals surface area contributed by atoms with E-state index in [1.54, 1.807) is 0 Å². The van der Waals surface area contributed by atoms with Crippen LogP contribution in [0.3, 0.4) is 0 Å². The Morgan fingerprint density at radius 1 is 1.54 bits per heavy atom. The molecule has 0 unspecified atom stereocenters. The first-order valence-corrected chi connectivity index (χ1v) is 5.68. The van der Waals surface area contributed by atoms with Crippen LogP contribution in [0.2, 0.25) is 0 Å². The summed E-state index contributed by atoms with van der Waals surface area (Å²) in [6, 6.07) is 2.17. The van der Waals surface area contributed by atoms with Gasteiger partial charge in [0, 0.05) is 11.4 Å². The number of aromatic amines is 1. The lowest BCUT2D eigenvalue weighted by Crippen LogP contribution is -1.85. The minimum absolute atomic E-state index is 0.538. The van der Waals surface area contributed by atoms with E-state index in [0.29, 0.717) is 5.92 Å². The number of rotatable bonds is 2. The fraction of sp³-hybridized carbons (Fsp3) is 0.500. The van der Waals surface area contributed by atoms with Crippen LogP contribution in [0.5, 0.6) is 0 Å². The molecule has 1 aliphatic rings. The van der Waals surface area contributed by atoms with Crippen LogP contribution in [-0.2, 0) is 0 Å². The molecule has 0 radical (unpaired) electrons. The quantitative estimate of drug-likeness (QED) is 0.784. The molecule has 1 N–H and O–H groups in total. The van der Waals surface area contributed by atoms with Crippen LogP contribution in [0.25, 0.3) is 5.57 Å². The van der Waals surface area contributed by atoms with E-state index < -0.39 is 0 Å². The number of nitrogens with zero attached hydrogens (tertiary/aromatic N) is 1. The van der Waals surface area contributed by atoms with Crippen LogP contribution in [0, 0.1) is 0 Å². The molecular formula is C10H14N2S. The second kappa shape index (κ2) is 3.58. The van der Waals surface area contributed by atoms with E-state index in [-0.39, 0.29) is 0 Å². The molecule has 1 aliphatic heterocycles. The van der Waals surface area contributed by atoms with Crippen LogP contribution < -0.4 is 0 Å². The zero-order valence-corrected chi connectivity index (χ0v) is 8.82. The Morgan fingerprint density at radius 2 is 2.38 bits per heavy atom. The first-order valence-electron chi connectivity index (χ1n) is 4.63. The van der Waals surface area contributed by atoms with Crippen molar-refractivity contribution in [3.63, 3.8) is 0 Å². The summed E-state index contributed by atoms with van der Waals surface area (Å²) >= 11 is 1.88. The van der Waals surface area contributed by atoms with Crippen molar-refractivity contribution >= 4 is 17.3 Å². The standard InChI is InChI=1S/C10H14N2S/c1-7(2)9-5-10(12-11-9)8-3-4-13-6-8/h5-7H,3-4H2,1-2H3,(H,11,12). The summed E-state index contributed by atoms with van der Waals surface area (Å²) in [6.45, 7) is 4.35. The van der Waals surface area contributed by atoms with Gasteiger partial charge in [0.15, 0.2) is 0 Å². The van der Waals surface area contributed by atoms with Crippen molar-refractivity contribution < 1.29 is 0 Å². The highest BCUT2D eigenvalue weighted by molar-refractivity contribution is 8.02. The van der Waals surface area contributed by atoms with Crippen LogP contribution in [0.4, 0.5) is 0 Å². The van der Waals surface area contributed by atoms with Crippen molar-refractivity contribution in [3.8, 4) is 0 Å². The lowest BCUT2D eigenvalue weighted by molar-refractivity contribution is 0.810. The van der Waals surface area contributed by atoms with Gasteiger partial charge in [-0.1, -0.05) is 13.8 Å². The fourth-order valence-electron chi connectivity index (χ4n) is 1.37. The maximum absolute atomic E-state index is 4.31. The predicted molar refractivity (Wildman–Crippen MR) is 57.7 cm³/mol. The zero-order chi connectivity index (χ0) is 9.26. The predicted octanol–water partition coefficient (Wildman–Crippen LogP) is 3.01. The molecule has 2 rings (SSSR count). The Bertz CT molecular complexity index is 325. The molecule has 0 atom stereocenters. The van der Waals surface area contributed by atoms with Crippen LogP contribution in [-0.4, -0.2) is 16.0 Å². The number of H-pyrrole nitrogens is 1. The lowest BCUT2D eigenvalue weighted by atomic mass is 10.1. The van der Waals surface area contributed by atoms with Gasteiger partial charge in [0.05, 0.1) is 5.69 Å². The van der Waals surface area contributed by atoms with E-state index in [0.717, 1.165) is 12.1 Å². The molecule has 0 fully saturated rings. The van der Waals surface area contributed by atoms with E-state index in [9.17, 15) is 0 Å². The van der Waals surface area contributed by atoms with Gasteiger partial charge < -0.3 is 0 Å².